The lowest BCUT2D eigenvalue weighted by Crippen LogP contribution is -2.31. The molecule has 4 nitrogen and oxygen atoms in total. The fourth-order valence-electron chi connectivity index (χ4n) is 2.23. The fraction of sp³-hybridized carbons (Fsp3) is 0.625. The molecule has 0 amide bonds. The molecular formula is C16H28N2O2S. The number of benzene rings is 1. The summed E-state index contributed by atoms with van der Waals surface area (Å²) in [5.74, 6) is 0.302. The van der Waals surface area contributed by atoms with Gasteiger partial charge in [0.05, 0.1) is 4.90 Å². The highest BCUT2D eigenvalue weighted by Crippen LogP contribution is 2.22. The third-order valence-electron chi connectivity index (χ3n) is 3.41. The van der Waals surface area contributed by atoms with Gasteiger partial charge in [0.1, 0.15) is 0 Å². The van der Waals surface area contributed by atoms with Crippen LogP contribution in [0.2, 0.25) is 0 Å². The molecule has 0 heterocycles. The van der Waals surface area contributed by atoms with E-state index in [0.717, 1.165) is 11.1 Å². The molecule has 1 N–H and O–H groups in total. The van der Waals surface area contributed by atoms with Gasteiger partial charge in [0.25, 0.3) is 0 Å². The predicted octanol–water partition coefficient (Wildman–Crippen LogP) is 2.77. The second kappa shape index (κ2) is 7.38. The quantitative estimate of drug-likeness (QED) is 0.842. The topological polar surface area (TPSA) is 49.4 Å². The highest BCUT2D eigenvalue weighted by atomic mass is 32.2. The Hall–Kier alpha value is -0.910. The molecule has 1 rings (SSSR count). The van der Waals surface area contributed by atoms with Crippen LogP contribution in [0.25, 0.3) is 0 Å². The Morgan fingerprint density at radius 2 is 1.81 bits per heavy atom. The molecule has 5 heteroatoms. The Kier molecular flexibility index (Phi) is 6.38. The van der Waals surface area contributed by atoms with E-state index in [1.165, 1.54) is 4.31 Å². The zero-order valence-corrected chi connectivity index (χ0v) is 14.8. The van der Waals surface area contributed by atoms with Crippen LogP contribution < -0.4 is 5.32 Å². The molecule has 0 aliphatic rings. The summed E-state index contributed by atoms with van der Waals surface area (Å²) in [6.07, 6.45) is 0. The lowest BCUT2D eigenvalue weighted by molar-refractivity contribution is 0.417. The average molecular weight is 312 g/mol. The van der Waals surface area contributed by atoms with Crippen LogP contribution in [0.15, 0.2) is 23.1 Å². The molecule has 0 unspecified atom stereocenters. The van der Waals surface area contributed by atoms with Gasteiger partial charge in [0.15, 0.2) is 0 Å². The molecule has 0 spiro atoms. The zero-order chi connectivity index (χ0) is 16.2. The predicted molar refractivity (Wildman–Crippen MR) is 87.8 cm³/mol. The molecule has 0 saturated carbocycles. The first kappa shape index (κ1) is 18.1. The highest BCUT2D eigenvalue weighted by Gasteiger charge is 2.24. The van der Waals surface area contributed by atoms with E-state index in [2.05, 4.69) is 19.2 Å². The standard InChI is InChI=1S/C16H28N2O2S/c1-12(2)11-18(6)21(19,20)16-9-7-8-15(14(16)5)10-17-13(3)4/h7-9,12-13,17H,10-11H2,1-6H3. The van der Waals surface area contributed by atoms with Crippen molar-refractivity contribution in [1.82, 2.24) is 9.62 Å². The Morgan fingerprint density at radius 1 is 1.19 bits per heavy atom. The van der Waals surface area contributed by atoms with E-state index >= 15 is 0 Å². The van der Waals surface area contributed by atoms with E-state index in [-0.39, 0.29) is 0 Å². The number of sulfonamides is 1. The number of rotatable bonds is 7. The van der Waals surface area contributed by atoms with E-state index in [4.69, 9.17) is 0 Å². The van der Waals surface area contributed by atoms with Gasteiger partial charge in [-0.1, -0.05) is 39.8 Å². The minimum absolute atomic E-state index is 0.302. The number of hydrogen-bond donors (Lipinski definition) is 1. The second-order valence-corrected chi connectivity index (χ2v) is 8.27. The van der Waals surface area contributed by atoms with Crippen molar-refractivity contribution in [2.45, 2.75) is 52.1 Å². The van der Waals surface area contributed by atoms with Crippen LogP contribution in [0.5, 0.6) is 0 Å². The van der Waals surface area contributed by atoms with Crippen molar-refractivity contribution >= 4 is 10.0 Å². The summed E-state index contributed by atoms with van der Waals surface area (Å²) in [4.78, 5) is 0.411. The van der Waals surface area contributed by atoms with Gasteiger partial charge in [-0.2, -0.15) is 0 Å². The summed E-state index contributed by atoms with van der Waals surface area (Å²) in [5, 5.41) is 3.33. The third-order valence-corrected chi connectivity index (χ3v) is 5.38. The largest absolute Gasteiger partial charge is 0.310 e. The van der Waals surface area contributed by atoms with Crippen molar-refractivity contribution < 1.29 is 8.42 Å². The summed E-state index contributed by atoms with van der Waals surface area (Å²) in [6, 6.07) is 5.86. The fourth-order valence-corrected chi connectivity index (χ4v) is 3.82. The van der Waals surface area contributed by atoms with Crippen molar-refractivity contribution in [3.8, 4) is 0 Å². The molecular weight excluding hydrogens is 284 g/mol. The van der Waals surface area contributed by atoms with E-state index in [1.54, 1.807) is 13.1 Å². The summed E-state index contributed by atoms with van der Waals surface area (Å²) in [6.45, 7) is 11.3. The van der Waals surface area contributed by atoms with Gasteiger partial charge in [-0.15, -0.1) is 0 Å². The van der Waals surface area contributed by atoms with Crippen molar-refractivity contribution in [2.24, 2.45) is 5.92 Å². The lowest BCUT2D eigenvalue weighted by Gasteiger charge is -2.21. The molecule has 1 aromatic carbocycles. The SMILES string of the molecule is Cc1c(CNC(C)C)cccc1S(=O)(=O)N(C)CC(C)C. The second-order valence-electron chi connectivity index (χ2n) is 6.26. The molecule has 0 saturated heterocycles. The summed E-state index contributed by atoms with van der Waals surface area (Å²) in [5.41, 5.74) is 1.86. The molecule has 21 heavy (non-hydrogen) atoms. The molecule has 0 fully saturated rings. The first-order chi connectivity index (χ1) is 9.66. The first-order valence-corrected chi connectivity index (χ1v) is 8.88. The van der Waals surface area contributed by atoms with Gasteiger partial charge in [0, 0.05) is 26.2 Å². The highest BCUT2D eigenvalue weighted by molar-refractivity contribution is 7.89. The van der Waals surface area contributed by atoms with Crippen LogP contribution in [-0.4, -0.2) is 32.4 Å². The van der Waals surface area contributed by atoms with Crippen molar-refractivity contribution in [3.63, 3.8) is 0 Å². The molecule has 0 bridgehead atoms. The normalized spacial score (nSPS) is 12.6. The maximum Gasteiger partial charge on any atom is 0.243 e. The molecule has 0 aliphatic heterocycles. The van der Waals surface area contributed by atoms with Crippen LogP contribution in [-0.2, 0) is 16.6 Å². The van der Waals surface area contributed by atoms with Gasteiger partial charge in [0.2, 0.25) is 10.0 Å². The Labute approximate surface area is 129 Å². The smallest absolute Gasteiger partial charge is 0.243 e. The lowest BCUT2D eigenvalue weighted by atomic mass is 10.1. The van der Waals surface area contributed by atoms with Crippen LogP contribution in [0.3, 0.4) is 0 Å². The number of nitrogens with one attached hydrogen (secondary N) is 1. The van der Waals surface area contributed by atoms with E-state index in [1.807, 2.05) is 32.9 Å². The molecule has 0 aromatic heterocycles. The Bertz CT molecular complexity index is 566. The van der Waals surface area contributed by atoms with Crippen LogP contribution in [0, 0.1) is 12.8 Å². The van der Waals surface area contributed by atoms with Gasteiger partial charge >= 0.3 is 0 Å². The molecule has 0 atom stereocenters. The minimum Gasteiger partial charge on any atom is -0.310 e. The van der Waals surface area contributed by atoms with Crippen LogP contribution in [0.4, 0.5) is 0 Å². The summed E-state index contributed by atoms with van der Waals surface area (Å²) < 4.78 is 26.8. The zero-order valence-electron chi connectivity index (χ0n) is 14.0. The number of hydrogen-bond acceptors (Lipinski definition) is 3. The molecule has 0 radical (unpaired) electrons. The van der Waals surface area contributed by atoms with Gasteiger partial charge in [-0.05, 0) is 30.0 Å². The van der Waals surface area contributed by atoms with Gasteiger partial charge < -0.3 is 5.32 Å². The van der Waals surface area contributed by atoms with Gasteiger partial charge in [-0.3, -0.25) is 0 Å². The maximum atomic E-state index is 12.7. The Balaban J connectivity index is 3.10. The third kappa shape index (κ3) is 4.80. The van der Waals surface area contributed by atoms with Gasteiger partial charge in [-0.25, -0.2) is 12.7 Å². The molecule has 120 valence electrons. The van der Waals surface area contributed by atoms with Crippen LogP contribution in [0.1, 0.15) is 38.8 Å². The van der Waals surface area contributed by atoms with Crippen molar-refractivity contribution in [2.75, 3.05) is 13.6 Å². The van der Waals surface area contributed by atoms with E-state index in [0.29, 0.717) is 29.9 Å². The average Bonchev–Trinajstić information content (AvgIpc) is 2.36. The van der Waals surface area contributed by atoms with E-state index in [9.17, 15) is 8.42 Å². The monoisotopic (exact) mass is 312 g/mol. The summed E-state index contributed by atoms with van der Waals surface area (Å²) in [7, 11) is -1.77. The summed E-state index contributed by atoms with van der Waals surface area (Å²) >= 11 is 0. The number of nitrogens with zero attached hydrogens (tertiary/aromatic N) is 1. The first-order valence-electron chi connectivity index (χ1n) is 7.44. The Morgan fingerprint density at radius 3 is 2.33 bits per heavy atom. The molecule has 0 aliphatic carbocycles. The van der Waals surface area contributed by atoms with Crippen LogP contribution >= 0.6 is 0 Å². The van der Waals surface area contributed by atoms with E-state index < -0.39 is 10.0 Å². The minimum atomic E-state index is -3.42. The van der Waals surface area contributed by atoms with Crippen molar-refractivity contribution in [3.05, 3.63) is 29.3 Å². The maximum absolute atomic E-state index is 12.7. The molecule has 1 aromatic rings. The van der Waals surface area contributed by atoms with Crippen molar-refractivity contribution in [1.29, 1.82) is 0 Å².